The molecule has 3 rings (SSSR count). The average molecular weight is 266 g/mol. The van der Waals surface area contributed by atoms with Gasteiger partial charge in [0.1, 0.15) is 11.9 Å². The van der Waals surface area contributed by atoms with Crippen molar-refractivity contribution in [3.8, 4) is 5.75 Å². The van der Waals surface area contributed by atoms with Gasteiger partial charge in [-0.05, 0) is 24.1 Å². The van der Waals surface area contributed by atoms with Gasteiger partial charge < -0.3 is 9.84 Å². The predicted molar refractivity (Wildman–Crippen MR) is 76.1 cm³/mol. The fraction of sp³-hybridized carbons (Fsp3) is 0.118. The van der Waals surface area contributed by atoms with Crippen LogP contribution in [0.5, 0.6) is 5.75 Å². The lowest BCUT2D eigenvalue weighted by molar-refractivity contribution is -0.132. The Bertz CT molecular complexity index is 686. The Morgan fingerprint density at radius 3 is 2.45 bits per heavy atom. The highest BCUT2D eigenvalue weighted by Gasteiger charge is 2.32. The van der Waals surface area contributed by atoms with Crippen LogP contribution < -0.4 is 4.74 Å². The summed E-state index contributed by atoms with van der Waals surface area (Å²) < 4.78 is 5.30. The van der Waals surface area contributed by atoms with E-state index in [-0.39, 0.29) is 0 Å². The third-order valence-corrected chi connectivity index (χ3v) is 3.52. The van der Waals surface area contributed by atoms with Gasteiger partial charge in [0, 0.05) is 5.56 Å². The summed E-state index contributed by atoms with van der Waals surface area (Å²) in [6.07, 6.45) is -0.951. The largest absolute Gasteiger partial charge is 0.423 e. The van der Waals surface area contributed by atoms with Gasteiger partial charge in [0.2, 0.25) is 0 Å². The SMILES string of the molecule is C/C(=C1\C(=O)Oc2ccccc2C1O)c1ccccc1. The Kier molecular flexibility index (Phi) is 3.12. The van der Waals surface area contributed by atoms with Crippen molar-refractivity contribution < 1.29 is 14.6 Å². The lowest BCUT2D eigenvalue weighted by Crippen LogP contribution is -2.24. The average Bonchev–Trinajstić information content (AvgIpc) is 2.48. The second-order valence-corrected chi connectivity index (χ2v) is 4.73. The zero-order valence-corrected chi connectivity index (χ0v) is 11.0. The highest BCUT2D eigenvalue weighted by molar-refractivity contribution is 6.01. The van der Waals surface area contributed by atoms with Crippen LogP contribution in [0.15, 0.2) is 60.2 Å². The summed E-state index contributed by atoms with van der Waals surface area (Å²) in [5, 5.41) is 10.5. The van der Waals surface area contributed by atoms with Crippen LogP contribution >= 0.6 is 0 Å². The van der Waals surface area contributed by atoms with Gasteiger partial charge >= 0.3 is 5.97 Å². The molecule has 0 amide bonds. The summed E-state index contributed by atoms with van der Waals surface area (Å²) in [6, 6.07) is 16.6. The molecule has 2 aromatic carbocycles. The van der Waals surface area contributed by atoms with Gasteiger partial charge in [0.25, 0.3) is 0 Å². The van der Waals surface area contributed by atoms with Crippen LogP contribution in [0.2, 0.25) is 0 Å². The summed E-state index contributed by atoms with van der Waals surface area (Å²) in [4.78, 5) is 12.1. The van der Waals surface area contributed by atoms with Crippen LogP contribution in [0.25, 0.3) is 5.57 Å². The number of carbonyl (C=O) groups is 1. The van der Waals surface area contributed by atoms with Crippen molar-refractivity contribution in [2.24, 2.45) is 0 Å². The van der Waals surface area contributed by atoms with Gasteiger partial charge in [-0.15, -0.1) is 0 Å². The first-order valence-corrected chi connectivity index (χ1v) is 6.44. The number of carbonyl (C=O) groups excluding carboxylic acids is 1. The van der Waals surface area contributed by atoms with E-state index in [0.29, 0.717) is 16.9 Å². The number of fused-ring (bicyclic) bond motifs is 1. The van der Waals surface area contributed by atoms with Crippen molar-refractivity contribution in [2.75, 3.05) is 0 Å². The number of aliphatic hydroxyl groups excluding tert-OH is 1. The normalized spacial score (nSPS) is 20.1. The highest BCUT2D eigenvalue weighted by Crippen LogP contribution is 2.38. The molecule has 1 heterocycles. The maximum absolute atomic E-state index is 12.1. The Morgan fingerprint density at radius 1 is 1.05 bits per heavy atom. The molecule has 3 nitrogen and oxygen atoms in total. The molecule has 0 radical (unpaired) electrons. The molecule has 0 aliphatic carbocycles. The van der Waals surface area contributed by atoms with E-state index in [4.69, 9.17) is 4.74 Å². The number of rotatable bonds is 1. The zero-order chi connectivity index (χ0) is 14.1. The smallest absolute Gasteiger partial charge is 0.342 e. The van der Waals surface area contributed by atoms with Crippen LogP contribution in [0.4, 0.5) is 0 Å². The zero-order valence-electron chi connectivity index (χ0n) is 11.0. The molecule has 100 valence electrons. The maximum Gasteiger partial charge on any atom is 0.342 e. The third-order valence-electron chi connectivity index (χ3n) is 3.52. The number of ether oxygens (including phenoxy) is 1. The van der Waals surface area contributed by atoms with Gasteiger partial charge in [0.15, 0.2) is 0 Å². The van der Waals surface area contributed by atoms with Gasteiger partial charge in [-0.1, -0.05) is 48.5 Å². The molecule has 1 aliphatic rings. The summed E-state index contributed by atoms with van der Waals surface area (Å²) in [7, 11) is 0. The van der Waals surface area contributed by atoms with E-state index in [2.05, 4.69) is 0 Å². The number of benzene rings is 2. The number of para-hydroxylation sites is 1. The Hall–Kier alpha value is -2.39. The summed E-state index contributed by atoms with van der Waals surface area (Å²) in [5.41, 5.74) is 2.56. The summed E-state index contributed by atoms with van der Waals surface area (Å²) >= 11 is 0. The number of hydrogen-bond acceptors (Lipinski definition) is 3. The fourth-order valence-corrected chi connectivity index (χ4v) is 2.42. The molecule has 1 atom stereocenters. The molecule has 20 heavy (non-hydrogen) atoms. The quantitative estimate of drug-likeness (QED) is 0.490. The van der Waals surface area contributed by atoms with Gasteiger partial charge in [0.05, 0.1) is 5.57 Å². The Morgan fingerprint density at radius 2 is 1.70 bits per heavy atom. The minimum atomic E-state index is -0.951. The van der Waals surface area contributed by atoms with E-state index >= 15 is 0 Å². The van der Waals surface area contributed by atoms with Crippen molar-refractivity contribution in [2.45, 2.75) is 13.0 Å². The predicted octanol–water partition coefficient (Wildman–Crippen LogP) is 3.11. The van der Waals surface area contributed by atoms with E-state index in [9.17, 15) is 9.90 Å². The Balaban J connectivity index is 2.13. The molecular weight excluding hydrogens is 252 g/mol. The molecule has 1 N–H and O–H groups in total. The van der Waals surface area contributed by atoms with Crippen molar-refractivity contribution >= 4 is 11.5 Å². The maximum atomic E-state index is 12.1. The van der Waals surface area contributed by atoms with Crippen molar-refractivity contribution in [3.05, 3.63) is 71.3 Å². The molecule has 0 saturated carbocycles. The topological polar surface area (TPSA) is 46.5 Å². The van der Waals surface area contributed by atoms with Crippen LogP contribution in [-0.4, -0.2) is 11.1 Å². The van der Waals surface area contributed by atoms with Crippen LogP contribution in [0.1, 0.15) is 24.2 Å². The molecule has 1 unspecified atom stereocenters. The summed E-state index contributed by atoms with van der Waals surface area (Å²) in [5.74, 6) is -0.0628. The van der Waals surface area contributed by atoms with E-state index in [1.807, 2.05) is 43.3 Å². The first-order chi connectivity index (χ1) is 9.68. The monoisotopic (exact) mass is 266 g/mol. The molecule has 0 fully saturated rings. The van der Waals surface area contributed by atoms with E-state index < -0.39 is 12.1 Å². The number of aliphatic hydroxyl groups is 1. The minimum absolute atomic E-state index is 0.301. The standard InChI is InChI=1S/C17H14O3/c1-11(12-7-3-2-4-8-12)15-16(18)13-9-5-6-10-14(13)20-17(15)19/h2-10,16,18H,1H3/b15-11+. The number of esters is 1. The van der Waals surface area contributed by atoms with Crippen molar-refractivity contribution in [3.63, 3.8) is 0 Å². The second kappa shape index (κ2) is 4.94. The highest BCUT2D eigenvalue weighted by atomic mass is 16.5. The molecule has 0 saturated heterocycles. The molecular formula is C17H14O3. The fourth-order valence-electron chi connectivity index (χ4n) is 2.42. The molecule has 0 bridgehead atoms. The molecule has 0 spiro atoms. The molecule has 1 aliphatic heterocycles. The summed E-state index contributed by atoms with van der Waals surface area (Å²) in [6.45, 7) is 1.82. The number of hydrogen-bond donors (Lipinski definition) is 1. The minimum Gasteiger partial charge on any atom is -0.423 e. The number of allylic oxidation sites excluding steroid dienone is 1. The lowest BCUT2D eigenvalue weighted by Gasteiger charge is -2.24. The van der Waals surface area contributed by atoms with E-state index in [1.54, 1.807) is 18.2 Å². The molecule has 2 aromatic rings. The van der Waals surface area contributed by atoms with Crippen LogP contribution in [0.3, 0.4) is 0 Å². The Labute approximate surface area is 117 Å². The molecule has 0 aromatic heterocycles. The van der Waals surface area contributed by atoms with Crippen LogP contribution in [0, 0.1) is 0 Å². The van der Waals surface area contributed by atoms with E-state index in [0.717, 1.165) is 11.1 Å². The third kappa shape index (κ3) is 2.02. The van der Waals surface area contributed by atoms with Crippen molar-refractivity contribution in [1.29, 1.82) is 0 Å². The first-order valence-electron chi connectivity index (χ1n) is 6.44. The lowest BCUT2D eigenvalue weighted by atomic mass is 9.91. The first kappa shape index (κ1) is 12.6. The molecule has 3 heteroatoms. The van der Waals surface area contributed by atoms with Crippen LogP contribution in [-0.2, 0) is 4.79 Å². The van der Waals surface area contributed by atoms with E-state index in [1.165, 1.54) is 0 Å². The second-order valence-electron chi connectivity index (χ2n) is 4.73. The van der Waals surface area contributed by atoms with Gasteiger partial charge in [-0.2, -0.15) is 0 Å². The van der Waals surface area contributed by atoms with Gasteiger partial charge in [-0.25, -0.2) is 4.79 Å². The van der Waals surface area contributed by atoms with Gasteiger partial charge in [-0.3, -0.25) is 0 Å². The van der Waals surface area contributed by atoms with Crippen molar-refractivity contribution in [1.82, 2.24) is 0 Å².